The molecule has 3 aliphatic rings. The Morgan fingerprint density at radius 3 is 2.50 bits per heavy atom. The topological polar surface area (TPSA) is 65.5 Å². The average Bonchev–Trinajstić information content (AvgIpc) is 3.54. The Hall–Kier alpha value is -1.95. The van der Waals surface area contributed by atoms with E-state index in [4.69, 9.17) is 0 Å². The standard InChI is InChI=1S/C24H36N4O2/c1-24(10-11-24)9-4-22(29)28-15-7-21(8-16-28)27-13-5-20(6-14-27)23(30)26-18-19-3-2-12-25-17-19/h2-3,12,17,20-21H,4-11,13-16,18H2,1H3,(H,26,30). The van der Waals surface area contributed by atoms with E-state index >= 15 is 0 Å². The average molecular weight is 413 g/mol. The van der Waals surface area contributed by atoms with Crippen molar-refractivity contribution in [1.29, 1.82) is 0 Å². The highest BCUT2D eigenvalue weighted by Gasteiger charge is 2.38. The van der Waals surface area contributed by atoms with Crippen molar-refractivity contribution in [2.75, 3.05) is 26.2 Å². The maximum atomic E-state index is 12.5. The normalized spacial score (nSPS) is 22.6. The minimum absolute atomic E-state index is 0.114. The van der Waals surface area contributed by atoms with E-state index in [1.54, 1.807) is 12.4 Å². The van der Waals surface area contributed by atoms with Crippen LogP contribution >= 0.6 is 0 Å². The summed E-state index contributed by atoms with van der Waals surface area (Å²) in [6.07, 6.45) is 11.9. The molecule has 0 aromatic carbocycles. The second kappa shape index (κ2) is 9.46. The van der Waals surface area contributed by atoms with Crippen molar-refractivity contribution in [2.24, 2.45) is 11.3 Å². The first-order valence-corrected chi connectivity index (χ1v) is 11.7. The number of pyridine rings is 1. The molecule has 2 saturated heterocycles. The Labute approximate surface area is 180 Å². The van der Waals surface area contributed by atoms with Crippen LogP contribution in [0.3, 0.4) is 0 Å². The molecule has 0 bridgehead atoms. The first kappa shape index (κ1) is 21.3. The Morgan fingerprint density at radius 2 is 1.87 bits per heavy atom. The largest absolute Gasteiger partial charge is 0.352 e. The van der Waals surface area contributed by atoms with Crippen molar-refractivity contribution in [3.8, 4) is 0 Å². The summed E-state index contributed by atoms with van der Waals surface area (Å²) >= 11 is 0. The molecule has 1 N–H and O–H groups in total. The van der Waals surface area contributed by atoms with Crippen molar-refractivity contribution >= 4 is 11.8 Å². The Balaban J connectivity index is 1.14. The number of aromatic nitrogens is 1. The van der Waals surface area contributed by atoms with Crippen LogP contribution in [0.2, 0.25) is 0 Å². The lowest BCUT2D eigenvalue weighted by atomic mass is 9.92. The predicted octanol–water partition coefficient (Wildman–Crippen LogP) is 2.98. The number of rotatable bonds is 7. The summed E-state index contributed by atoms with van der Waals surface area (Å²) in [5, 5.41) is 3.07. The van der Waals surface area contributed by atoms with Gasteiger partial charge in [-0.25, -0.2) is 0 Å². The number of piperidine rings is 2. The van der Waals surface area contributed by atoms with Gasteiger partial charge in [0.25, 0.3) is 0 Å². The minimum atomic E-state index is 0.114. The zero-order valence-electron chi connectivity index (χ0n) is 18.3. The molecule has 6 nitrogen and oxygen atoms in total. The molecule has 0 unspecified atom stereocenters. The third-order valence-electron chi connectivity index (χ3n) is 7.47. The second-order valence-corrected chi connectivity index (χ2v) is 9.81. The van der Waals surface area contributed by atoms with E-state index in [2.05, 4.69) is 27.0 Å². The number of amides is 2. The van der Waals surface area contributed by atoms with Crippen LogP contribution in [0.5, 0.6) is 0 Å². The van der Waals surface area contributed by atoms with Gasteiger partial charge in [0, 0.05) is 50.4 Å². The SMILES string of the molecule is CC1(CCC(=O)N2CCC(N3CCC(C(=O)NCc4cccnc4)CC3)CC2)CC1. The number of hydrogen-bond acceptors (Lipinski definition) is 4. The molecule has 1 aliphatic carbocycles. The fourth-order valence-electron chi connectivity index (χ4n) is 4.87. The summed E-state index contributed by atoms with van der Waals surface area (Å²) < 4.78 is 0. The number of carbonyl (C=O) groups is 2. The van der Waals surface area contributed by atoms with E-state index < -0.39 is 0 Å². The smallest absolute Gasteiger partial charge is 0.223 e. The molecule has 1 aromatic rings. The monoisotopic (exact) mass is 412 g/mol. The zero-order chi connectivity index (χ0) is 21.0. The summed E-state index contributed by atoms with van der Waals surface area (Å²) in [6, 6.07) is 4.44. The van der Waals surface area contributed by atoms with Crippen molar-refractivity contribution in [2.45, 2.75) is 70.9 Å². The van der Waals surface area contributed by atoms with E-state index in [0.29, 0.717) is 23.9 Å². The van der Waals surface area contributed by atoms with Crippen LogP contribution in [0.4, 0.5) is 0 Å². The zero-order valence-corrected chi connectivity index (χ0v) is 18.3. The van der Waals surface area contributed by atoms with E-state index in [9.17, 15) is 9.59 Å². The van der Waals surface area contributed by atoms with Gasteiger partial charge in [-0.2, -0.15) is 0 Å². The lowest BCUT2D eigenvalue weighted by Crippen LogP contribution is -2.50. The van der Waals surface area contributed by atoms with Gasteiger partial charge < -0.3 is 15.1 Å². The maximum Gasteiger partial charge on any atom is 0.223 e. The summed E-state index contributed by atoms with van der Waals surface area (Å²) in [6.45, 7) is 6.62. The molecule has 164 valence electrons. The van der Waals surface area contributed by atoms with E-state index in [1.807, 2.05) is 12.1 Å². The Kier molecular flexibility index (Phi) is 6.71. The Bertz CT molecular complexity index is 718. The summed E-state index contributed by atoms with van der Waals surface area (Å²) in [4.78, 5) is 33.7. The number of likely N-dealkylation sites (tertiary alicyclic amines) is 2. The molecular formula is C24H36N4O2. The molecule has 4 rings (SSSR count). The van der Waals surface area contributed by atoms with Crippen LogP contribution in [0.25, 0.3) is 0 Å². The first-order valence-electron chi connectivity index (χ1n) is 11.7. The molecule has 30 heavy (non-hydrogen) atoms. The number of hydrogen-bond donors (Lipinski definition) is 1. The molecule has 2 aliphatic heterocycles. The van der Waals surface area contributed by atoms with Gasteiger partial charge in [0.1, 0.15) is 0 Å². The summed E-state index contributed by atoms with van der Waals surface area (Å²) in [5.41, 5.74) is 1.50. The molecular weight excluding hydrogens is 376 g/mol. The quantitative estimate of drug-likeness (QED) is 0.748. The van der Waals surface area contributed by atoms with Gasteiger partial charge in [0.15, 0.2) is 0 Å². The van der Waals surface area contributed by atoms with Crippen molar-refractivity contribution < 1.29 is 9.59 Å². The van der Waals surface area contributed by atoms with E-state index in [0.717, 1.165) is 70.3 Å². The van der Waals surface area contributed by atoms with Crippen molar-refractivity contribution in [3.63, 3.8) is 0 Å². The molecule has 1 aromatic heterocycles. The van der Waals surface area contributed by atoms with Gasteiger partial charge in [-0.05, 0) is 75.1 Å². The third kappa shape index (κ3) is 5.60. The van der Waals surface area contributed by atoms with Crippen molar-refractivity contribution in [1.82, 2.24) is 20.1 Å². The predicted molar refractivity (Wildman–Crippen MR) is 117 cm³/mol. The summed E-state index contributed by atoms with van der Waals surface area (Å²) in [5.74, 6) is 0.636. The molecule has 1 saturated carbocycles. The molecule has 3 heterocycles. The minimum Gasteiger partial charge on any atom is -0.352 e. The van der Waals surface area contributed by atoms with Gasteiger partial charge in [0.05, 0.1) is 0 Å². The highest BCUT2D eigenvalue weighted by Crippen LogP contribution is 2.49. The van der Waals surface area contributed by atoms with Crippen LogP contribution < -0.4 is 5.32 Å². The summed E-state index contributed by atoms with van der Waals surface area (Å²) in [7, 11) is 0. The highest BCUT2D eigenvalue weighted by atomic mass is 16.2. The molecule has 2 amide bonds. The Morgan fingerprint density at radius 1 is 1.13 bits per heavy atom. The first-order chi connectivity index (χ1) is 14.5. The lowest BCUT2D eigenvalue weighted by Gasteiger charge is -2.41. The van der Waals surface area contributed by atoms with E-state index in [-0.39, 0.29) is 11.8 Å². The lowest BCUT2D eigenvalue weighted by molar-refractivity contribution is -0.133. The maximum absolute atomic E-state index is 12.5. The van der Waals surface area contributed by atoms with Gasteiger partial charge in [-0.1, -0.05) is 13.0 Å². The number of nitrogens with one attached hydrogen (secondary N) is 1. The van der Waals surface area contributed by atoms with Gasteiger partial charge in [-0.3, -0.25) is 14.6 Å². The van der Waals surface area contributed by atoms with Crippen LogP contribution in [0, 0.1) is 11.3 Å². The molecule has 0 spiro atoms. The van der Waals surface area contributed by atoms with Crippen molar-refractivity contribution in [3.05, 3.63) is 30.1 Å². The van der Waals surface area contributed by atoms with Gasteiger partial charge >= 0.3 is 0 Å². The fraction of sp³-hybridized carbons (Fsp3) is 0.708. The highest BCUT2D eigenvalue weighted by molar-refractivity contribution is 5.78. The molecule has 3 fully saturated rings. The van der Waals surface area contributed by atoms with Crippen LogP contribution in [0.1, 0.15) is 63.9 Å². The van der Waals surface area contributed by atoms with Gasteiger partial charge in [-0.15, -0.1) is 0 Å². The third-order valence-corrected chi connectivity index (χ3v) is 7.47. The molecule has 0 atom stereocenters. The molecule has 6 heteroatoms. The van der Waals surface area contributed by atoms with Gasteiger partial charge in [0.2, 0.25) is 11.8 Å². The molecule has 0 radical (unpaired) electrons. The number of carbonyl (C=O) groups excluding carboxylic acids is 2. The van der Waals surface area contributed by atoms with Crippen LogP contribution in [-0.2, 0) is 16.1 Å². The fourth-order valence-corrected chi connectivity index (χ4v) is 4.87. The van der Waals surface area contributed by atoms with E-state index in [1.165, 1.54) is 12.8 Å². The van der Waals surface area contributed by atoms with Crippen LogP contribution in [0.15, 0.2) is 24.5 Å². The second-order valence-electron chi connectivity index (χ2n) is 9.81. The number of nitrogens with zero attached hydrogens (tertiary/aromatic N) is 3. The van der Waals surface area contributed by atoms with Crippen LogP contribution in [-0.4, -0.2) is 58.8 Å².